The summed E-state index contributed by atoms with van der Waals surface area (Å²) >= 11 is 0. The molecule has 0 aliphatic heterocycles. The summed E-state index contributed by atoms with van der Waals surface area (Å²) in [5.41, 5.74) is 6.29. The third-order valence-electron chi connectivity index (χ3n) is 3.50. The van der Waals surface area contributed by atoms with E-state index in [1.54, 1.807) is 39.0 Å². The third-order valence-corrected chi connectivity index (χ3v) is 3.50. The topological polar surface area (TPSA) is 92.4 Å². The SMILES string of the molecule is CCC(CC)(NC(=O)c1ccc(N)c(C)c1)C(=O)O. The standard InChI is InChI=1S/C14H20N2O3/c1-4-14(5-2,13(18)19)16-12(17)10-6-7-11(15)9(3)8-10/h6-8H,4-5,15H2,1-3H3,(H,16,17)(H,18,19). The molecule has 0 heterocycles. The molecular weight excluding hydrogens is 244 g/mol. The van der Waals surface area contributed by atoms with Gasteiger partial charge in [-0.3, -0.25) is 4.79 Å². The van der Waals surface area contributed by atoms with Crippen LogP contribution in [0.2, 0.25) is 0 Å². The Morgan fingerprint density at radius 1 is 1.32 bits per heavy atom. The summed E-state index contributed by atoms with van der Waals surface area (Å²) in [5, 5.41) is 11.9. The lowest BCUT2D eigenvalue weighted by atomic mass is 9.92. The van der Waals surface area contributed by atoms with Crippen LogP contribution in [-0.4, -0.2) is 22.5 Å². The lowest BCUT2D eigenvalue weighted by Crippen LogP contribution is -2.53. The van der Waals surface area contributed by atoms with Gasteiger partial charge in [0.1, 0.15) is 5.54 Å². The molecule has 0 aromatic heterocycles. The van der Waals surface area contributed by atoms with Crippen molar-refractivity contribution < 1.29 is 14.7 Å². The highest BCUT2D eigenvalue weighted by Crippen LogP contribution is 2.18. The number of carboxylic acid groups (broad SMARTS) is 1. The van der Waals surface area contributed by atoms with Crippen LogP contribution in [-0.2, 0) is 4.79 Å². The first-order valence-electron chi connectivity index (χ1n) is 6.28. The molecule has 1 aromatic rings. The van der Waals surface area contributed by atoms with Gasteiger partial charge in [0.05, 0.1) is 0 Å². The van der Waals surface area contributed by atoms with Crippen LogP contribution >= 0.6 is 0 Å². The van der Waals surface area contributed by atoms with Crippen LogP contribution in [0.4, 0.5) is 5.69 Å². The van der Waals surface area contributed by atoms with Crippen molar-refractivity contribution in [2.75, 3.05) is 5.73 Å². The molecule has 0 radical (unpaired) electrons. The molecule has 0 aliphatic carbocycles. The van der Waals surface area contributed by atoms with E-state index in [4.69, 9.17) is 5.73 Å². The number of carbonyl (C=O) groups excluding carboxylic acids is 1. The van der Waals surface area contributed by atoms with Gasteiger partial charge >= 0.3 is 5.97 Å². The minimum Gasteiger partial charge on any atom is -0.480 e. The lowest BCUT2D eigenvalue weighted by Gasteiger charge is -2.28. The molecule has 0 bridgehead atoms. The highest BCUT2D eigenvalue weighted by Gasteiger charge is 2.36. The van der Waals surface area contributed by atoms with E-state index in [0.29, 0.717) is 24.1 Å². The van der Waals surface area contributed by atoms with E-state index in [1.807, 2.05) is 0 Å². The van der Waals surface area contributed by atoms with Crippen molar-refractivity contribution in [1.29, 1.82) is 0 Å². The average Bonchev–Trinajstić information content (AvgIpc) is 2.38. The summed E-state index contributed by atoms with van der Waals surface area (Å²) in [6.45, 7) is 5.29. The number of anilines is 1. The number of hydrogen-bond donors (Lipinski definition) is 3. The number of nitrogen functional groups attached to an aromatic ring is 1. The fourth-order valence-electron chi connectivity index (χ4n) is 1.89. The predicted octanol–water partition coefficient (Wildman–Crippen LogP) is 1.95. The molecule has 0 aliphatic rings. The van der Waals surface area contributed by atoms with Gasteiger partial charge in [0.25, 0.3) is 5.91 Å². The van der Waals surface area contributed by atoms with Gasteiger partial charge in [0.15, 0.2) is 0 Å². The Labute approximate surface area is 112 Å². The number of aliphatic carboxylic acids is 1. The van der Waals surface area contributed by atoms with E-state index in [-0.39, 0.29) is 0 Å². The van der Waals surface area contributed by atoms with E-state index >= 15 is 0 Å². The second-order valence-electron chi connectivity index (χ2n) is 4.62. The molecule has 0 saturated carbocycles. The summed E-state index contributed by atoms with van der Waals surface area (Å²) < 4.78 is 0. The first kappa shape index (κ1) is 15.0. The molecule has 5 nitrogen and oxygen atoms in total. The maximum absolute atomic E-state index is 12.1. The zero-order valence-electron chi connectivity index (χ0n) is 11.5. The van der Waals surface area contributed by atoms with Crippen LogP contribution in [0.1, 0.15) is 42.6 Å². The van der Waals surface area contributed by atoms with Crippen LogP contribution < -0.4 is 11.1 Å². The molecule has 19 heavy (non-hydrogen) atoms. The van der Waals surface area contributed by atoms with Gasteiger partial charge in [-0.15, -0.1) is 0 Å². The second-order valence-corrected chi connectivity index (χ2v) is 4.62. The Hall–Kier alpha value is -2.04. The molecule has 0 spiro atoms. The first-order valence-corrected chi connectivity index (χ1v) is 6.28. The van der Waals surface area contributed by atoms with Gasteiger partial charge in [-0.05, 0) is 43.5 Å². The van der Waals surface area contributed by atoms with Crippen molar-refractivity contribution in [3.63, 3.8) is 0 Å². The number of nitrogens with one attached hydrogen (secondary N) is 1. The van der Waals surface area contributed by atoms with Crippen molar-refractivity contribution in [2.45, 2.75) is 39.2 Å². The molecule has 0 fully saturated rings. The van der Waals surface area contributed by atoms with Crippen LogP contribution in [0, 0.1) is 6.92 Å². The maximum Gasteiger partial charge on any atom is 0.329 e. The molecule has 1 rings (SSSR count). The van der Waals surface area contributed by atoms with Crippen LogP contribution in [0.25, 0.3) is 0 Å². The maximum atomic E-state index is 12.1. The second kappa shape index (κ2) is 5.73. The van der Waals surface area contributed by atoms with Crippen LogP contribution in [0.3, 0.4) is 0 Å². The molecule has 0 atom stereocenters. The fourth-order valence-corrected chi connectivity index (χ4v) is 1.89. The summed E-state index contributed by atoms with van der Waals surface area (Å²) in [4.78, 5) is 23.5. The summed E-state index contributed by atoms with van der Waals surface area (Å²) in [6.07, 6.45) is 0.664. The minimum atomic E-state index is -1.22. The number of carbonyl (C=O) groups is 2. The van der Waals surface area contributed by atoms with E-state index in [9.17, 15) is 14.7 Å². The smallest absolute Gasteiger partial charge is 0.329 e. The number of hydrogen-bond acceptors (Lipinski definition) is 3. The molecule has 5 heteroatoms. The highest BCUT2D eigenvalue weighted by atomic mass is 16.4. The third kappa shape index (κ3) is 3.05. The average molecular weight is 264 g/mol. The summed E-state index contributed by atoms with van der Waals surface area (Å²) in [6, 6.07) is 4.89. The van der Waals surface area contributed by atoms with Crippen LogP contribution in [0.15, 0.2) is 18.2 Å². The molecular formula is C14H20N2O3. The zero-order valence-corrected chi connectivity index (χ0v) is 11.5. The number of aryl methyl sites for hydroxylation is 1. The Balaban J connectivity index is 3.00. The van der Waals surface area contributed by atoms with Crippen molar-refractivity contribution >= 4 is 17.6 Å². The van der Waals surface area contributed by atoms with Crippen molar-refractivity contribution in [1.82, 2.24) is 5.32 Å². The molecule has 0 unspecified atom stereocenters. The van der Waals surface area contributed by atoms with Gasteiger partial charge in [-0.1, -0.05) is 13.8 Å². The Morgan fingerprint density at radius 3 is 2.32 bits per heavy atom. The number of nitrogens with two attached hydrogens (primary N) is 1. The quantitative estimate of drug-likeness (QED) is 0.709. The van der Waals surface area contributed by atoms with Crippen molar-refractivity contribution in [2.24, 2.45) is 0 Å². The number of rotatable bonds is 5. The van der Waals surface area contributed by atoms with Crippen LogP contribution in [0.5, 0.6) is 0 Å². The minimum absolute atomic E-state index is 0.332. The normalized spacial score (nSPS) is 11.1. The van der Waals surface area contributed by atoms with Crippen molar-refractivity contribution in [3.8, 4) is 0 Å². The predicted molar refractivity (Wildman–Crippen MR) is 74.0 cm³/mol. The Kier molecular flexibility index (Phi) is 4.53. The van der Waals surface area contributed by atoms with Gasteiger partial charge in [-0.2, -0.15) is 0 Å². The molecule has 0 saturated heterocycles. The Morgan fingerprint density at radius 2 is 1.89 bits per heavy atom. The zero-order chi connectivity index (χ0) is 14.6. The first-order chi connectivity index (χ1) is 8.86. The molecule has 4 N–H and O–H groups in total. The monoisotopic (exact) mass is 264 g/mol. The largest absolute Gasteiger partial charge is 0.480 e. The Bertz CT molecular complexity index is 493. The van der Waals surface area contributed by atoms with Crippen molar-refractivity contribution in [3.05, 3.63) is 29.3 Å². The summed E-state index contributed by atoms with van der Waals surface area (Å²) in [5.74, 6) is -1.41. The molecule has 1 aromatic carbocycles. The van der Waals surface area contributed by atoms with Gasteiger partial charge in [0.2, 0.25) is 0 Å². The van der Waals surface area contributed by atoms with Gasteiger partial charge < -0.3 is 16.2 Å². The van der Waals surface area contributed by atoms with Gasteiger partial charge in [-0.25, -0.2) is 4.79 Å². The molecule has 1 amide bonds. The summed E-state index contributed by atoms with van der Waals surface area (Å²) in [7, 11) is 0. The number of amides is 1. The van der Waals surface area contributed by atoms with Gasteiger partial charge in [0, 0.05) is 11.3 Å². The highest BCUT2D eigenvalue weighted by molar-refractivity contribution is 5.98. The van der Waals surface area contributed by atoms with E-state index in [0.717, 1.165) is 5.56 Å². The molecule has 104 valence electrons. The fraction of sp³-hybridized carbons (Fsp3) is 0.429. The van der Waals surface area contributed by atoms with E-state index in [1.165, 1.54) is 0 Å². The lowest BCUT2D eigenvalue weighted by molar-refractivity contribution is -0.144. The van der Waals surface area contributed by atoms with E-state index in [2.05, 4.69) is 5.32 Å². The number of benzene rings is 1. The number of carboxylic acids is 1. The van der Waals surface area contributed by atoms with E-state index < -0.39 is 17.4 Å².